The summed E-state index contributed by atoms with van der Waals surface area (Å²) >= 11 is 0. The van der Waals surface area contributed by atoms with Gasteiger partial charge < -0.3 is 29.2 Å². The van der Waals surface area contributed by atoms with Gasteiger partial charge in [-0.25, -0.2) is 9.78 Å². The molecule has 1 spiro atoms. The van der Waals surface area contributed by atoms with Crippen LogP contribution in [0.3, 0.4) is 0 Å². The average Bonchev–Trinajstić information content (AvgIpc) is 3.85. The molecule has 3 heterocycles. The number of carbonyl (C=O) groups excluding carboxylic acids is 2. The molecule has 260 valence electrons. The van der Waals surface area contributed by atoms with E-state index in [2.05, 4.69) is 56.2 Å². The summed E-state index contributed by atoms with van der Waals surface area (Å²) in [6.45, 7) is 12.7. The molecule has 3 fully saturated rings. The summed E-state index contributed by atoms with van der Waals surface area (Å²) in [6, 6.07) is 9.17. The molecule has 0 bridgehead atoms. The summed E-state index contributed by atoms with van der Waals surface area (Å²) in [7, 11) is 0.863. The van der Waals surface area contributed by atoms with E-state index in [4.69, 9.17) is 19.0 Å². The monoisotopic (exact) mass is 668 g/mol. The number of nitrogens with one attached hydrogen (secondary N) is 2. The smallest absolute Gasteiger partial charge is 0.453 e. The van der Waals surface area contributed by atoms with Gasteiger partial charge in [-0.3, -0.25) is 9.59 Å². The van der Waals surface area contributed by atoms with Crippen LogP contribution in [0.1, 0.15) is 103 Å². The number of hydrogen-bond acceptors (Lipinski definition) is 7. The molecule has 49 heavy (non-hydrogen) atoms. The van der Waals surface area contributed by atoms with Crippen molar-refractivity contribution in [3.05, 3.63) is 57.6 Å². The number of ether oxygens (including phenoxy) is 1. The van der Waals surface area contributed by atoms with Crippen molar-refractivity contribution < 1.29 is 23.6 Å². The average molecular weight is 669 g/mol. The molecule has 2 aliphatic carbocycles. The number of hydrogen-bond donors (Lipinski definition) is 2. The lowest BCUT2D eigenvalue weighted by molar-refractivity contribution is -0.135. The molecular weight excluding hydrogens is 619 g/mol. The molecule has 3 aromatic rings. The lowest BCUT2D eigenvalue weighted by Crippen LogP contribution is -2.51. The zero-order valence-electron chi connectivity index (χ0n) is 29.9. The Labute approximate surface area is 288 Å². The molecule has 2 atom stereocenters. The highest BCUT2D eigenvalue weighted by molar-refractivity contribution is 6.62. The largest absolute Gasteiger partial charge is 0.495 e. The van der Waals surface area contributed by atoms with E-state index in [1.165, 1.54) is 43.9 Å². The molecule has 1 aromatic heterocycles. The first kappa shape index (κ1) is 33.8. The predicted molar refractivity (Wildman–Crippen MR) is 190 cm³/mol. The number of alkyl carbamates (subject to hydrolysis) is 1. The fourth-order valence-corrected chi connectivity index (χ4v) is 8.55. The highest BCUT2D eigenvalue weighted by atomic mass is 16.7. The first-order chi connectivity index (χ1) is 23.2. The number of carbonyl (C=O) groups is 2. The molecule has 2 N–H and O–H groups in total. The zero-order valence-corrected chi connectivity index (χ0v) is 29.9. The number of fused-ring (bicyclic) bond motifs is 2. The molecule has 10 nitrogen and oxygen atoms in total. The van der Waals surface area contributed by atoms with Crippen LogP contribution in [0.4, 0.5) is 4.79 Å². The van der Waals surface area contributed by atoms with E-state index >= 15 is 0 Å². The second-order valence-electron chi connectivity index (χ2n) is 16.0. The normalized spacial score (nSPS) is 22.7. The molecule has 2 aliphatic heterocycles. The lowest BCUT2D eigenvalue weighted by Gasteiger charge is -2.32. The SMILES string of the molecule is COC(=O)N[C@H](C(=O)N1CCC[C@H]1c1nc2ccc(-c3ccc(B4OC(C)(C)C(C)(C)O4)c4c3CC3(CCCC3)C4)cc2c(=O)[nH]1)C(C)C. The summed E-state index contributed by atoms with van der Waals surface area (Å²) in [5.41, 5.74) is 5.74. The molecule has 2 amide bonds. The lowest BCUT2D eigenvalue weighted by atomic mass is 9.73. The fourth-order valence-electron chi connectivity index (χ4n) is 8.55. The van der Waals surface area contributed by atoms with Crippen molar-refractivity contribution in [3.8, 4) is 11.1 Å². The van der Waals surface area contributed by atoms with Crippen LogP contribution in [-0.2, 0) is 31.7 Å². The molecule has 11 heteroatoms. The van der Waals surface area contributed by atoms with Gasteiger partial charge in [0.15, 0.2) is 0 Å². The number of benzene rings is 2. The summed E-state index contributed by atoms with van der Waals surface area (Å²) in [5, 5.41) is 3.19. The Kier molecular flexibility index (Phi) is 8.46. The molecular formula is C38H49BN4O6. The van der Waals surface area contributed by atoms with Crippen molar-refractivity contribution in [3.63, 3.8) is 0 Å². The Morgan fingerprint density at radius 2 is 1.71 bits per heavy atom. The maximum absolute atomic E-state index is 13.7. The van der Waals surface area contributed by atoms with Crippen LogP contribution >= 0.6 is 0 Å². The van der Waals surface area contributed by atoms with Gasteiger partial charge in [-0.05, 0) is 117 Å². The van der Waals surface area contributed by atoms with E-state index in [0.29, 0.717) is 29.7 Å². The maximum Gasteiger partial charge on any atom is 0.495 e. The van der Waals surface area contributed by atoms with E-state index in [1.807, 2.05) is 26.0 Å². The van der Waals surface area contributed by atoms with Crippen molar-refractivity contribution >= 4 is 35.5 Å². The maximum atomic E-state index is 13.7. The minimum Gasteiger partial charge on any atom is -0.453 e. The molecule has 0 unspecified atom stereocenters. The molecule has 2 saturated heterocycles. The minimum absolute atomic E-state index is 0.147. The molecule has 4 aliphatic rings. The summed E-state index contributed by atoms with van der Waals surface area (Å²) in [5.74, 6) is 0.109. The van der Waals surface area contributed by atoms with E-state index in [0.717, 1.165) is 35.9 Å². The molecule has 0 radical (unpaired) electrons. The third-order valence-electron chi connectivity index (χ3n) is 12.0. The Bertz CT molecular complexity index is 1850. The second kappa shape index (κ2) is 12.3. The van der Waals surface area contributed by atoms with Gasteiger partial charge in [0.25, 0.3) is 5.56 Å². The van der Waals surface area contributed by atoms with Crippen molar-refractivity contribution in [2.45, 2.75) is 116 Å². The van der Waals surface area contributed by atoms with E-state index in [-0.39, 0.29) is 22.8 Å². The topological polar surface area (TPSA) is 123 Å². The quantitative estimate of drug-likeness (QED) is 0.329. The second-order valence-corrected chi connectivity index (χ2v) is 16.0. The van der Waals surface area contributed by atoms with Crippen molar-refractivity contribution in [2.75, 3.05) is 13.7 Å². The number of likely N-dealkylation sites (tertiary alicyclic amines) is 1. The van der Waals surface area contributed by atoms with Crippen LogP contribution in [0, 0.1) is 11.3 Å². The number of rotatable bonds is 6. The minimum atomic E-state index is -0.746. The predicted octanol–water partition coefficient (Wildman–Crippen LogP) is 5.59. The van der Waals surface area contributed by atoms with Gasteiger partial charge in [-0.2, -0.15) is 0 Å². The number of aromatic amines is 1. The van der Waals surface area contributed by atoms with Crippen molar-refractivity contribution in [2.24, 2.45) is 11.3 Å². The van der Waals surface area contributed by atoms with Crippen molar-refractivity contribution in [1.29, 1.82) is 0 Å². The van der Waals surface area contributed by atoms with Crippen LogP contribution in [0.15, 0.2) is 35.1 Å². The third kappa shape index (κ3) is 5.86. The Hall–Kier alpha value is -3.70. The molecule has 1 saturated carbocycles. The number of nitrogens with zero attached hydrogens (tertiary/aromatic N) is 2. The number of amides is 2. The van der Waals surface area contributed by atoms with Gasteiger partial charge >= 0.3 is 13.2 Å². The van der Waals surface area contributed by atoms with Gasteiger partial charge in [0.1, 0.15) is 11.9 Å². The standard InChI is InChI=1S/C38H49BN4O6/c1-22(2)31(41-35(46)47-7)34(45)43-18-10-11-30(43)32-40-29-15-12-23(19-25(29)33(44)42-32)24-13-14-28(39-48-36(3,4)37(5,6)49-39)27-21-38(20-26(24)27)16-8-9-17-38/h12-15,19,22,30-31H,8-11,16-18,20-21H2,1-7H3,(H,41,46)(H,40,42,44)/t30-,31-/m0/s1. The van der Waals surface area contributed by atoms with Gasteiger partial charge in [-0.1, -0.05) is 44.9 Å². The van der Waals surface area contributed by atoms with Crippen LogP contribution in [0.2, 0.25) is 0 Å². The van der Waals surface area contributed by atoms with Gasteiger partial charge in [0.2, 0.25) is 5.91 Å². The van der Waals surface area contributed by atoms with E-state index in [9.17, 15) is 14.4 Å². The van der Waals surface area contributed by atoms with E-state index in [1.54, 1.807) is 4.90 Å². The Morgan fingerprint density at radius 1 is 1.02 bits per heavy atom. The zero-order chi connectivity index (χ0) is 34.9. The third-order valence-corrected chi connectivity index (χ3v) is 12.0. The molecule has 2 aromatic carbocycles. The van der Waals surface area contributed by atoms with Crippen LogP contribution in [0.25, 0.3) is 22.0 Å². The highest BCUT2D eigenvalue weighted by Crippen LogP contribution is 2.51. The Balaban J connectivity index is 1.22. The van der Waals surface area contributed by atoms with E-state index < -0.39 is 36.5 Å². The summed E-state index contributed by atoms with van der Waals surface area (Å²) < 4.78 is 17.8. The summed E-state index contributed by atoms with van der Waals surface area (Å²) in [4.78, 5) is 49.0. The van der Waals surface area contributed by atoms with Gasteiger partial charge in [0.05, 0.1) is 35.3 Å². The first-order valence-electron chi connectivity index (χ1n) is 17.9. The van der Waals surface area contributed by atoms with Crippen LogP contribution in [-0.4, -0.2) is 64.9 Å². The van der Waals surface area contributed by atoms with Crippen LogP contribution in [0.5, 0.6) is 0 Å². The van der Waals surface area contributed by atoms with Crippen LogP contribution < -0.4 is 16.3 Å². The van der Waals surface area contributed by atoms with Crippen molar-refractivity contribution in [1.82, 2.24) is 20.2 Å². The highest BCUT2D eigenvalue weighted by Gasteiger charge is 2.53. The number of methoxy groups -OCH3 is 1. The number of aromatic nitrogens is 2. The fraction of sp³-hybridized carbons (Fsp3) is 0.579. The molecule has 7 rings (SSSR count). The first-order valence-corrected chi connectivity index (χ1v) is 17.9. The van der Waals surface area contributed by atoms with Gasteiger partial charge in [0, 0.05) is 6.54 Å². The number of H-pyrrole nitrogens is 1. The van der Waals surface area contributed by atoms with Gasteiger partial charge in [-0.15, -0.1) is 0 Å². The summed E-state index contributed by atoms with van der Waals surface area (Å²) in [6.07, 6.45) is 7.82. The Morgan fingerprint density at radius 3 is 2.39 bits per heavy atom.